The summed E-state index contributed by atoms with van der Waals surface area (Å²) in [7, 11) is 3.19. The van der Waals surface area contributed by atoms with Gasteiger partial charge in [-0.15, -0.1) is 0 Å². The Bertz CT molecular complexity index is 1010. The second-order valence-electron chi connectivity index (χ2n) is 6.16. The molecule has 0 saturated heterocycles. The molecule has 1 aliphatic heterocycles. The van der Waals surface area contributed by atoms with Crippen LogP contribution in [-0.2, 0) is 0 Å². The molecule has 1 heterocycles. The third kappa shape index (κ3) is 3.44. The van der Waals surface area contributed by atoms with Crippen molar-refractivity contribution < 1.29 is 23.7 Å². The minimum Gasteiger partial charge on any atom is -0.497 e. The maximum absolute atomic E-state index is 12.7. The van der Waals surface area contributed by atoms with Gasteiger partial charge in [0.2, 0.25) is 6.79 Å². The minimum atomic E-state index is -0.213. The maximum Gasteiger partial charge on any atom is 0.255 e. The van der Waals surface area contributed by atoms with Crippen LogP contribution in [-0.4, -0.2) is 26.9 Å². The molecule has 0 unspecified atom stereocenters. The molecule has 1 amide bonds. The van der Waals surface area contributed by atoms with Crippen LogP contribution in [0.4, 0.5) is 5.69 Å². The van der Waals surface area contributed by atoms with Crippen molar-refractivity contribution in [3.05, 3.63) is 66.2 Å². The van der Waals surface area contributed by atoms with Gasteiger partial charge >= 0.3 is 0 Å². The molecule has 0 atom stereocenters. The van der Waals surface area contributed by atoms with Crippen molar-refractivity contribution in [3.8, 4) is 34.1 Å². The largest absolute Gasteiger partial charge is 0.497 e. The Labute approximate surface area is 162 Å². The zero-order chi connectivity index (χ0) is 19.5. The number of carbonyl (C=O) groups is 1. The van der Waals surface area contributed by atoms with E-state index in [-0.39, 0.29) is 12.7 Å². The average Bonchev–Trinajstić information content (AvgIpc) is 3.22. The van der Waals surface area contributed by atoms with Crippen LogP contribution < -0.4 is 24.3 Å². The number of hydrogen-bond acceptors (Lipinski definition) is 5. The number of rotatable bonds is 5. The van der Waals surface area contributed by atoms with Gasteiger partial charge in [0.15, 0.2) is 11.5 Å². The number of nitrogens with one attached hydrogen (secondary N) is 1. The van der Waals surface area contributed by atoms with Crippen LogP contribution in [0.3, 0.4) is 0 Å². The van der Waals surface area contributed by atoms with E-state index < -0.39 is 0 Å². The summed E-state index contributed by atoms with van der Waals surface area (Å²) in [5.41, 5.74) is 2.90. The summed E-state index contributed by atoms with van der Waals surface area (Å²) in [5, 5.41) is 2.97. The van der Waals surface area contributed by atoms with Crippen LogP contribution in [0, 0.1) is 0 Å². The van der Waals surface area contributed by atoms with Crippen molar-refractivity contribution >= 4 is 11.6 Å². The molecule has 0 radical (unpaired) electrons. The topological polar surface area (TPSA) is 66.0 Å². The molecule has 1 aliphatic rings. The van der Waals surface area contributed by atoms with Gasteiger partial charge in [-0.1, -0.05) is 6.07 Å². The number of fused-ring (bicyclic) bond motifs is 1. The molecule has 3 aromatic rings. The van der Waals surface area contributed by atoms with E-state index in [4.69, 9.17) is 18.9 Å². The first-order chi connectivity index (χ1) is 13.7. The third-order valence-corrected chi connectivity index (χ3v) is 4.51. The van der Waals surface area contributed by atoms with Gasteiger partial charge in [-0.05, 0) is 60.2 Å². The summed E-state index contributed by atoms with van der Waals surface area (Å²) in [5.74, 6) is 2.55. The van der Waals surface area contributed by atoms with E-state index in [1.165, 1.54) is 0 Å². The molecule has 6 heteroatoms. The lowest BCUT2D eigenvalue weighted by atomic mass is 10.0. The second kappa shape index (κ2) is 7.52. The Morgan fingerprint density at radius 2 is 1.57 bits per heavy atom. The molecule has 0 aromatic heterocycles. The lowest BCUT2D eigenvalue weighted by Crippen LogP contribution is -2.12. The number of amides is 1. The summed E-state index contributed by atoms with van der Waals surface area (Å²) in [6.07, 6.45) is 0. The maximum atomic E-state index is 12.7. The first-order valence-electron chi connectivity index (χ1n) is 8.71. The standard InChI is InChI=1S/C22H19NO5/c1-25-16-6-3-14(4-7-16)22(24)23-19-9-8-17(26-2)12-18(19)15-5-10-20-21(11-15)28-13-27-20/h3-12H,13H2,1-2H3,(H,23,24). The summed E-state index contributed by atoms with van der Waals surface area (Å²) >= 11 is 0. The highest BCUT2D eigenvalue weighted by Gasteiger charge is 2.17. The fraction of sp³-hybridized carbons (Fsp3) is 0.136. The predicted molar refractivity (Wildman–Crippen MR) is 106 cm³/mol. The fourth-order valence-electron chi connectivity index (χ4n) is 3.00. The van der Waals surface area contributed by atoms with E-state index in [1.807, 2.05) is 30.3 Å². The highest BCUT2D eigenvalue weighted by atomic mass is 16.7. The SMILES string of the molecule is COc1ccc(C(=O)Nc2ccc(OC)cc2-c2ccc3c(c2)OCO3)cc1. The quantitative estimate of drug-likeness (QED) is 0.716. The van der Waals surface area contributed by atoms with Crippen LogP contribution in [0.2, 0.25) is 0 Å². The smallest absolute Gasteiger partial charge is 0.255 e. The molecule has 0 bridgehead atoms. The van der Waals surface area contributed by atoms with Gasteiger partial charge in [0, 0.05) is 16.8 Å². The van der Waals surface area contributed by atoms with E-state index in [0.717, 1.165) is 11.1 Å². The Morgan fingerprint density at radius 1 is 0.857 bits per heavy atom. The van der Waals surface area contributed by atoms with E-state index in [9.17, 15) is 4.79 Å². The van der Waals surface area contributed by atoms with Gasteiger partial charge in [0.05, 0.1) is 14.2 Å². The molecular formula is C22H19NO5. The van der Waals surface area contributed by atoms with Crippen molar-refractivity contribution in [2.75, 3.05) is 26.3 Å². The van der Waals surface area contributed by atoms with Crippen molar-refractivity contribution in [1.82, 2.24) is 0 Å². The molecule has 3 aromatic carbocycles. The monoisotopic (exact) mass is 377 g/mol. The van der Waals surface area contributed by atoms with E-state index in [2.05, 4.69) is 5.32 Å². The predicted octanol–water partition coefficient (Wildman–Crippen LogP) is 4.35. The zero-order valence-corrected chi connectivity index (χ0v) is 15.5. The van der Waals surface area contributed by atoms with Crippen LogP contribution in [0.5, 0.6) is 23.0 Å². The Hall–Kier alpha value is -3.67. The van der Waals surface area contributed by atoms with Gasteiger partial charge in [-0.3, -0.25) is 4.79 Å². The lowest BCUT2D eigenvalue weighted by molar-refractivity contribution is 0.102. The fourth-order valence-corrected chi connectivity index (χ4v) is 3.00. The van der Waals surface area contributed by atoms with Gasteiger partial charge in [-0.2, -0.15) is 0 Å². The van der Waals surface area contributed by atoms with E-state index in [0.29, 0.717) is 34.2 Å². The van der Waals surface area contributed by atoms with Crippen molar-refractivity contribution in [3.63, 3.8) is 0 Å². The van der Waals surface area contributed by atoms with Gasteiger partial charge in [0.25, 0.3) is 5.91 Å². The van der Waals surface area contributed by atoms with Crippen molar-refractivity contribution in [2.45, 2.75) is 0 Å². The Morgan fingerprint density at radius 3 is 2.32 bits per heavy atom. The van der Waals surface area contributed by atoms with Crippen LogP contribution in [0.15, 0.2) is 60.7 Å². The van der Waals surface area contributed by atoms with E-state index >= 15 is 0 Å². The van der Waals surface area contributed by atoms with Crippen LogP contribution >= 0.6 is 0 Å². The molecular weight excluding hydrogens is 358 g/mol. The Balaban J connectivity index is 1.67. The van der Waals surface area contributed by atoms with Gasteiger partial charge < -0.3 is 24.3 Å². The summed E-state index contributed by atoms with van der Waals surface area (Å²) in [4.78, 5) is 12.7. The molecule has 0 saturated carbocycles. The molecule has 0 aliphatic carbocycles. The average molecular weight is 377 g/mol. The number of benzene rings is 3. The van der Waals surface area contributed by atoms with Gasteiger partial charge in [0.1, 0.15) is 11.5 Å². The molecule has 28 heavy (non-hydrogen) atoms. The van der Waals surface area contributed by atoms with Crippen molar-refractivity contribution in [2.24, 2.45) is 0 Å². The van der Waals surface area contributed by atoms with Crippen LogP contribution in [0.25, 0.3) is 11.1 Å². The number of hydrogen-bond donors (Lipinski definition) is 1. The molecule has 142 valence electrons. The Kier molecular flexibility index (Phi) is 4.76. The number of anilines is 1. The molecule has 6 nitrogen and oxygen atoms in total. The molecule has 0 spiro atoms. The van der Waals surface area contributed by atoms with E-state index in [1.54, 1.807) is 44.6 Å². The number of carbonyl (C=O) groups excluding carboxylic acids is 1. The number of methoxy groups -OCH3 is 2. The van der Waals surface area contributed by atoms with Crippen molar-refractivity contribution in [1.29, 1.82) is 0 Å². The molecule has 1 N–H and O–H groups in total. The molecule has 0 fully saturated rings. The highest BCUT2D eigenvalue weighted by Crippen LogP contribution is 2.39. The third-order valence-electron chi connectivity index (χ3n) is 4.51. The summed E-state index contributed by atoms with van der Waals surface area (Å²) < 4.78 is 21.4. The minimum absolute atomic E-state index is 0.206. The first-order valence-corrected chi connectivity index (χ1v) is 8.71. The zero-order valence-electron chi connectivity index (χ0n) is 15.5. The summed E-state index contributed by atoms with van der Waals surface area (Å²) in [6.45, 7) is 0.206. The normalized spacial score (nSPS) is 11.8. The van der Waals surface area contributed by atoms with Gasteiger partial charge in [-0.25, -0.2) is 0 Å². The second-order valence-corrected chi connectivity index (χ2v) is 6.16. The van der Waals surface area contributed by atoms with Crippen LogP contribution in [0.1, 0.15) is 10.4 Å². The first kappa shape index (κ1) is 17.7. The summed E-state index contributed by atoms with van der Waals surface area (Å²) in [6, 6.07) is 18.1. The lowest BCUT2D eigenvalue weighted by Gasteiger charge is -2.14. The molecule has 4 rings (SSSR count). The highest BCUT2D eigenvalue weighted by molar-refractivity contribution is 6.06. The number of ether oxygens (including phenoxy) is 4.